The molecule has 0 unspecified atom stereocenters. The lowest BCUT2D eigenvalue weighted by Gasteiger charge is -2.14. The second-order valence-corrected chi connectivity index (χ2v) is 10.8. The topological polar surface area (TPSA) is 18.5 Å². The fourth-order valence-electron chi connectivity index (χ4n) is 5.88. The normalized spacial score (nSPS) is 11.2. The second-order valence-electron chi connectivity index (χ2n) is 10.8. The van der Waals surface area contributed by atoms with Crippen LogP contribution in [-0.4, -0.2) is 14.2 Å². The number of alkyl halides is 3. The van der Waals surface area contributed by atoms with Crippen LogP contribution in [0.15, 0.2) is 115 Å². The maximum Gasteiger partial charge on any atom is 0.416 e. The SMILES string of the molecule is COc1ccc2c(C#Cc3c4ccccc4c(C#Cc4cccc5cc(OC)ccc45)c4cc(C(F)(F)F)ccc34)cccc2c1. The number of hydrogen-bond acceptors (Lipinski definition) is 2. The number of rotatable bonds is 2. The lowest BCUT2D eigenvalue weighted by atomic mass is 9.90. The van der Waals surface area contributed by atoms with Crippen molar-refractivity contribution in [2.24, 2.45) is 0 Å². The fourth-order valence-corrected chi connectivity index (χ4v) is 5.88. The lowest BCUT2D eigenvalue weighted by Crippen LogP contribution is -2.05. The average Bonchev–Trinajstić information content (AvgIpc) is 3.08. The third-order valence-electron chi connectivity index (χ3n) is 8.17. The van der Waals surface area contributed by atoms with E-state index in [0.29, 0.717) is 21.9 Å². The first-order valence-electron chi connectivity index (χ1n) is 14.6. The van der Waals surface area contributed by atoms with E-state index >= 15 is 0 Å². The lowest BCUT2D eigenvalue weighted by molar-refractivity contribution is -0.137. The Balaban J connectivity index is 1.48. The van der Waals surface area contributed by atoms with E-state index < -0.39 is 11.7 Å². The van der Waals surface area contributed by atoms with E-state index in [9.17, 15) is 13.2 Å². The van der Waals surface area contributed by atoms with E-state index in [1.165, 1.54) is 12.1 Å². The van der Waals surface area contributed by atoms with Gasteiger partial charge in [0.1, 0.15) is 11.5 Å². The van der Waals surface area contributed by atoms with Crippen LogP contribution in [0.3, 0.4) is 0 Å². The molecule has 222 valence electrons. The zero-order valence-electron chi connectivity index (χ0n) is 24.9. The van der Waals surface area contributed by atoms with Crippen molar-refractivity contribution in [3.05, 3.63) is 143 Å². The first-order chi connectivity index (χ1) is 22.3. The molecule has 0 amide bonds. The monoisotopic (exact) mass is 606 g/mol. The van der Waals surface area contributed by atoms with Gasteiger partial charge < -0.3 is 9.47 Å². The predicted molar refractivity (Wildman–Crippen MR) is 179 cm³/mol. The van der Waals surface area contributed by atoms with Crippen molar-refractivity contribution in [3.8, 4) is 35.2 Å². The van der Waals surface area contributed by atoms with Crippen LogP contribution in [0.2, 0.25) is 0 Å². The Kier molecular flexibility index (Phi) is 7.24. The molecule has 7 aromatic carbocycles. The summed E-state index contributed by atoms with van der Waals surface area (Å²) in [6, 6.07) is 34.6. The molecule has 0 saturated carbocycles. The molecule has 0 atom stereocenters. The summed E-state index contributed by atoms with van der Waals surface area (Å²) in [4.78, 5) is 0. The van der Waals surface area contributed by atoms with Gasteiger partial charge in [-0.1, -0.05) is 78.3 Å². The molecule has 7 aromatic rings. The van der Waals surface area contributed by atoms with Crippen LogP contribution in [0.4, 0.5) is 13.2 Å². The highest BCUT2D eigenvalue weighted by Gasteiger charge is 2.31. The first kappa shape index (κ1) is 28.8. The third kappa shape index (κ3) is 5.23. The highest BCUT2D eigenvalue weighted by molar-refractivity contribution is 6.10. The molecule has 0 aliphatic carbocycles. The van der Waals surface area contributed by atoms with Gasteiger partial charge in [-0.15, -0.1) is 0 Å². The molecule has 2 nitrogen and oxygen atoms in total. The summed E-state index contributed by atoms with van der Waals surface area (Å²) in [5, 5.41) is 6.37. The Morgan fingerprint density at radius 3 is 1.43 bits per heavy atom. The van der Waals surface area contributed by atoms with Gasteiger partial charge in [0, 0.05) is 22.3 Å². The zero-order chi connectivity index (χ0) is 31.8. The van der Waals surface area contributed by atoms with E-state index in [2.05, 4.69) is 23.7 Å². The van der Waals surface area contributed by atoms with E-state index in [1.54, 1.807) is 14.2 Å². The molecule has 0 fully saturated rings. The minimum atomic E-state index is -4.52. The van der Waals surface area contributed by atoms with Gasteiger partial charge in [0.05, 0.1) is 19.8 Å². The zero-order valence-corrected chi connectivity index (χ0v) is 24.9. The smallest absolute Gasteiger partial charge is 0.416 e. The standard InChI is InChI=1S/C41H25F3O2/c1-45-31-16-21-33-26(7-5-9-28(33)23-31)13-18-37-35-11-3-4-12-36(35)38(40-25-30(41(42,43)44)15-20-39(37)40)19-14-27-8-6-10-29-24-32(46-2)17-22-34(27)29/h3-12,15-17,20-25H,1-2H3. The van der Waals surface area contributed by atoms with Crippen LogP contribution in [-0.2, 0) is 6.18 Å². The fraction of sp³-hybridized carbons (Fsp3) is 0.0732. The molecule has 0 radical (unpaired) electrons. The van der Waals surface area contributed by atoms with Crippen molar-refractivity contribution < 1.29 is 22.6 Å². The van der Waals surface area contributed by atoms with Crippen molar-refractivity contribution in [2.45, 2.75) is 6.18 Å². The minimum Gasteiger partial charge on any atom is -0.497 e. The van der Waals surface area contributed by atoms with Gasteiger partial charge in [-0.25, -0.2) is 0 Å². The van der Waals surface area contributed by atoms with Crippen molar-refractivity contribution in [1.29, 1.82) is 0 Å². The molecule has 0 aliphatic rings. The maximum absolute atomic E-state index is 14.0. The summed E-state index contributed by atoms with van der Waals surface area (Å²) in [6.07, 6.45) is -4.52. The molecule has 0 aromatic heterocycles. The number of fused-ring (bicyclic) bond motifs is 4. The molecule has 0 saturated heterocycles. The Bertz CT molecular complexity index is 2450. The molecule has 0 aliphatic heterocycles. The number of benzene rings is 7. The van der Waals surface area contributed by atoms with E-state index in [4.69, 9.17) is 9.47 Å². The highest BCUT2D eigenvalue weighted by Crippen LogP contribution is 2.37. The Morgan fingerprint density at radius 2 is 0.935 bits per heavy atom. The van der Waals surface area contributed by atoms with Crippen molar-refractivity contribution >= 4 is 43.1 Å². The van der Waals surface area contributed by atoms with Crippen molar-refractivity contribution in [1.82, 2.24) is 0 Å². The van der Waals surface area contributed by atoms with Gasteiger partial charge in [-0.3, -0.25) is 0 Å². The Labute approximate surface area is 264 Å². The quantitative estimate of drug-likeness (QED) is 0.144. The molecule has 46 heavy (non-hydrogen) atoms. The van der Waals surface area contributed by atoms with Crippen LogP contribution >= 0.6 is 0 Å². The van der Waals surface area contributed by atoms with Crippen molar-refractivity contribution in [2.75, 3.05) is 14.2 Å². The van der Waals surface area contributed by atoms with Gasteiger partial charge in [-0.2, -0.15) is 13.2 Å². The molecule has 0 bridgehead atoms. The Morgan fingerprint density at radius 1 is 0.457 bits per heavy atom. The van der Waals surface area contributed by atoms with E-state index in [1.807, 2.05) is 97.1 Å². The Hall–Kier alpha value is -5.91. The van der Waals surface area contributed by atoms with Crippen molar-refractivity contribution in [3.63, 3.8) is 0 Å². The largest absolute Gasteiger partial charge is 0.497 e. The summed E-state index contributed by atoms with van der Waals surface area (Å²) in [5.74, 6) is 14.7. The number of halogens is 3. The third-order valence-corrected chi connectivity index (χ3v) is 8.17. The van der Waals surface area contributed by atoms with Gasteiger partial charge in [0.25, 0.3) is 0 Å². The molecule has 0 spiro atoms. The van der Waals surface area contributed by atoms with Gasteiger partial charge in [0.15, 0.2) is 0 Å². The molecule has 0 heterocycles. The van der Waals surface area contributed by atoms with E-state index in [0.717, 1.165) is 61.0 Å². The summed E-state index contributed by atoms with van der Waals surface area (Å²) in [7, 11) is 3.24. The average molecular weight is 607 g/mol. The van der Waals surface area contributed by atoms with Crippen LogP contribution in [0.1, 0.15) is 27.8 Å². The second kappa shape index (κ2) is 11.5. The van der Waals surface area contributed by atoms with Crippen LogP contribution in [0.25, 0.3) is 43.1 Å². The maximum atomic E-state index is 14.0. The molecule has 5 heteroatoms. The van der Waals surface area contributed by atoms with Gasteiger partial charge >= 0.3 is 6.18 Å². The first-order valence-corrected chi connectivity index (χ1v) is 14.6. The number of hydrogen-bond donors (Lipinski definition) is 0. The van der Waals surface area contributed by atoms with Gasteiger partial charge in [-0.05, 0) is 104 Å². The number of ether oxygens (including phenoxy) is 2. The summed E-state index contributed by atoms with van der Waals surface area (Å²) < 4.78 is 52.9. The molecular weight excluding hydrogens is 581 g/mol. The minimum absolute atomic E-state index is 0.398. The molecule has 7 rings (SSSR count). The molecule has 0 N–H and O–H groups in total. The van der Waals surface area contributed by atoms with Gasteiger partial charge in [0.2, 0.25) is 0 Å². The highest BCUT2D eigenvalue weighted by atomic mass is 19.4. The summed E-state index contributed by atoms with van der Waals surface area (Å²) in [6.45, 7) is 0. The van der Waals surface area contributed by atoms with E-state index in [-0.39, 0.29) is 0 Å². The van der Waals surface area contributed by atoms with Crippen LogP contribution < -0.4 is 9.47 Å². The summed E-state index contributed by atoms with van der Waals surface area (Å²) in [5.41, 5.74) is 2.00. The molecular formula is C41H25F3O2. The van der Waals surface area contributed by atoms with Crippen LogP contribution in [0, 0.1) is 23.7 Å². The summed E-state index contributed by atoms with van der Waals surface area (Å²) >= 11 is 0. The predicted octanol–water partition coefficient (Wildman–Crippen LogP) is 10.1. The number of methoxy groups -OCH3 is 2. The van der Waals surface area contributed by atoms with Crippen LogP contribution in [0.5, 0.6) is 11.5 Å².